The van der Waals surface area contributed by atoms with Gasteiger partial charge in [-0.3, -0.25) is 0 Å². The molecule has 1 heterocycles. The number of hydrogen-bond donors (Lipinski definition) is 3. The summed E-state index contributed by atoms with van der Waals surface area (Å²) in [6.45, 7) is 2.63. The molecule has 0 unspecified atom stereocenters. The summed E-state index contributed by atoms with van der Waals surface area (Å²) >= 11 is 0. The van der Waals surface area contributed by atoms with E-state index in [0.29, 0.717) is 29.3 Å². The predicted molar refractivity (Wildman–Crippen MR) is 97.4 cm³/mol. The quantitative estimate of drug-likeness (QED) is 0.662. The molecule has 140 valence electrons. The van der Waals surface area contributed by atoms with E-state index in [2.05, 4.69) is 16.4 Å². The van der Waals surface area contributed by atoms with Crippen LogP contribution >= 0.6 is 0 Å². The number of carboxylic acid groups (broad SMARTS) is 2. The molecule has 3 N–H and O–H groups in total. The summed E-state index contributed by atoms with van der Waals surface area (Å²) in [6.07, 6.45) is 1.12. The van der Waals surface area contributed by atoms with Crippen molar-refractivity contribution >= 4 is 11.9 Å². The van der Waals surface area contributed by atoms with Crippen molar-refractivity contribution in [3.63, 3.8) is 0 Å². The summed E-state index contributed by atoms with van der Waals surface area (Å²) in [4.78, 5) is 23.4. The zero-order chi connectivity index (χ0) is 20.2. The van der Waals surface area contributed by atoms with Crippen LogP contribution in [0.2, 0.25) is 0 Å². The largest absolute Gasteiger partial charge is 0.478 e. The van der Waals surface area contributed by atoms with E-state index < -0.39 is 11.9 Å². The zero-order valence-corrected chi connectivity index (χ0v) is 14.8. The van der Waals surface area contributed by atoms with Crippen LogP contribution in [0.15, 0.2) is 48.6 Å². The Bertz CT molecular complexity index is 856. The van der Waals surface area contributed by atoms with Gasteiger partial charge in [0, 0.05) is 24.4 Å². The highest BCUT2D eigenvalue weighted by Gasteiger charge is 2.07. The van der Waals surface area contributed by atoms with Crippen LogP contribution in [0.4, 0.5) is 0 Å². The van der Waals surface area contributed by atoms with Crippen LogP contribution in [-0.2, 0) is 16.1 Å². The van der Waals surface area contributed by atoms with E-state index in [-0.39, 0.29) is 0 Å². The number of nitriles is 1. The average Bonchev–Trinajstić information content (AvgIpc) is 2.61. The molecule has 0 radical (unpaired) electrons. The maximum Gasteiger partial charge on any atom is 0.328 e. The maximum absolute atomic E-state index is 9.55. The van der Waals surface area contributed by atoms with Crippen molar-refractivity contribution in [2.75, 3.05) is 7.05 Å². The molecular formula is C19H19N3O5. The average molecular weight is 369 g/mol. The number of hydrogen-bond acceptors (Lipinski definition) is 6. The van der Waals surface area contributed by atoms with Crippen LogP contribution in [-0.4, -0.2) is 34.2 Å². The predicted octanol–water partition coefficient (Wildman–Crippen LogP) is 2.49. The van der Waals surface area contributed by atoms with E-state index in [9.17, 15) is 9.59 Å². The lowest BCUT2D eigenvalue weighted by Crippen LogP contribution is -2.04. The van der Waals surface area contributed by atoms with E-state index in [4.69, 9.17) is 20.2 Å². The molecule has 2 aromatic rings. The van der Waals surface area contributed by atoms with Gasteiger partial charge in [-0.15, -0.1) is 0 Å². The van der Waals surface area contributed by atoms with Crippen molar-refractivity contribution in [3.8, 4) is 17.7 Å². The molecule has 0 saturated heterocycles. The van der Waals surface area contributed by atoms with Crippen molar-refractivity contribution < 1.29 is 24.5 Å². The van der Waals surface area contributed by atoms with Crippen LogP contribution < -0.4 is 10.1 Å². The van der Waals surface area contributed by atoms with Crippen LogP contribution in [0, 0.1) is 18.3 Å². The number of nitrogens with zero attached hydrogens (tertiary/aromatic N) is 2. The molecular weight excluding hydrogens is 350 g/mol. The molecule has 0 aliphatic carbocycles. The molecule has 8 heteroatoms. The molecule has 0 amide bonds. The van der Waals surface area contributed by atoms with Gasteiger partial charge in [-0.05, 0) is 43.8 Å². The minimum atomic E-state index is -1.26. The Labute approximate surface area is 156 Å². The smallest absolute Gasteiger partial charge is 0.328 e. The number of aliphatic carboxylic acids is 2. The normalized spacial score (nSPS) is 9.81. The topological polar surface area (TPSA) is 133 Å². The fourth-order valence-corrected chi connectivity index (χ4v) is 1.87. The van der Waals surface area contributed by atoms with E-state index in [1.807, 2.05) is 38.2 Å². The summed E-state index contributed by atoms with van der Waals surface area (Å²) in [5, 5.41) is 27.8. The van der Waals surface area contributed by atoms with Crippen LogP contribution in [0.3, 0.4) is 0 Å². The third kappa shape index (κ3) is 8.29. The number of pyridine rings is 1. The van der Waals surface area contributed by atoms with Gasteiger partial charge in [-0.25, -0.2) is 14.6 Å². The summed E-state index contributed by atoms with van der Waals surface area (Å²) in [5.41, 5.74) is 2.37. The molecule has 2 rings (SSSR count). The number of aromatic nitrogens is 1. The van der Waals surface area contributed by atoms with Gasteiger partial charge >= 0.3 is 11.9 Å². The lowest BCUT2D eigenvalue weighted by Gasteiger charge is -2.08. The summed E-state index contributed by atoms with van der Waals surface area (Å²) in [5.74, 6) is -1.48. The van der Waals surface area contributed by atoms with Crippen molar-refractivity contribution in [2.45, 2.75) is 13.5 Å². The second-order valence-corrected chi connectivity index (χ2v) is 5.21. The minimum Gasteiger partial charge on any atom is -0.478 e. The highest BCUT2D eigenvalue weighted by Crippen LogP contribution is 2.24. The Hall–Kier alpha value is -3.70. The SMILES string of the molecule is CNCc1cccc(Oc2nc(C)ccc2C#N)c1.O=C(O)C=CC(=O)O. The van der Waals surface area contributed by atoms with Gasteiger partial charge in [-0.1, -0.05) is 12.1 Å². The maximum atomic E-state index is 9.55. The van der Waals surface area contributed by atoms with Gasteiger partial charge in [0.2, 0.25) is 5.88 Å². The molecule has 0 spiro atoms. The van der Waals surface area contributed by atoms with Gasteiger partial charge in [0.15, 0.2) is 0 Å². The first-order chi connectivity index (χ1) is 12.8. The van der Waals surface area contributed by atoms with Crippen molar-refractivity contribution in [2.24, 2.45) is 0 Å². The molecule has 0 fully saturated rings. The van der Waals surface area contributed by atoms with Gasteiger partial charge < -0.3 is 20.3 Å². The summed E-state index contributed by atoms with van der Waals surface area (Å²) < 4.78 is 5.71. The molecule has 0 aliphatic heterocycles. The fraction of sp³-hybridized carbons (Fsp3) is 0.158. The first kappa shape index (κ1) is 21.3. The van der Waals surface area contributed by atoms with Gasteiger partial charge in [0.1, 0.15) is 17.4 Å². The second kappa shape index (κ2) is 11.0. The third-order valence-corrected chi connectivity index (χ3v) is 2.98. The number of carboxylic acids is 2. The summed E-state index contributed by atoms with van der Waals surface area (Å²) in [7, 11) is 1.89. The van der Waals surface area contributed by atoms with Crippen molar-refractivity contribution in [1.29, 1.82) is 5.26 Å². The van der Waals surface area contributed by atoms with E-state index in [1.165, 1.54) is 0 Å². The Morgan fingerprint density at radius 2 is 1.89 bits per heavy atom. The lowest BCUT2D eigenvalue weighted by molar-refractivity contribution is -0.134. The number of aryl methyl sites for hydroxylation is 1. The number of rotatable bonds is 6. The van der Waals surface area contributed by atoms with Crippen molar-refractivity contribution in [1.82, 2.24) is 10.3 Å². The van der Waals surface area contributed by atoms with Crippen LogP contribution in [0.25, 0.3) is 0 Å². The number of ether oxygens (including phenoxy) is 1. The van der Waals surface area contributed by atoms with Crippen LogP contribution in [0.5, 0.6) is 11.6 Å². The molecule has 8 nitrogen and oxygen atoms in total. The lowest BCUT2D eigenvalue weighted by atomic mass is 10.2. The highest BCUT2D eigenvalue weighted by molar-refractivity contribution is 5.89. The van der Waals surface area contributed by atoms with Crippen molar-refractivity contribution in [3.05, 3.63) is 65.4 Å². The molecule has 1 aromatic carbocycles. The monoisotopic (exact) mass is 369 g/mol. The first-order valence-electron chi connectivity index (χ1n) is 7.78. The number of benzene rings is 1. The van der Waals surface area contributed by atoms with E-state index in [0.717, 1.165) is 17.8 Å². The number of nitrogens with one attached hydrogen (secondary N) is 1. The Morgan fingerprint density at radius 1 is 1.22 bits per heavy atom. The first-order valence-corrected chi connectivity index (χ1v) is 7.78. The Morgan fingerprint density at radius 3 is 2.44 bits per heavy atom. The molecule has 27 heavy (non-hydrogen) atoms. The van der Waals surface area contributed by atoms with E-state index >= 15 is 0 Å². The number of carbonyl (C=O) groups is 2. The highest BCUT2D eigenvalue weighted by atomic mass is 16.5. The Kier molecular flexibility index (Phi) is 8.71. The van der Waals surface area contributed by atoms with Gasteiger partial charge in [0.05, 0.1) is 0 Å². The van der Waals surface area contributed by atoms with E-state index in [1.54, 1.807) is 12.1 Å². The molecule has 0 atom stereocenters. The van der Waals surface area contributed by atoms with Crippen LogP contribution in [0.1, 0.15) is 16.8 Å². The van der Waals surface area contributed by atoms with Gasteiger partial charge in [-0.2, -0.15) is 5.26 Å². The van der Waals surface area contributed by atoms with Gasteiger partial charge in [0.25, 0.3) is 0 Å². The Balaban J connectivity index is 0.000000387. The second-order valence-electron chi connectivity index (χ2n) is 5.21. The summed E-state index contributed by atoms with van der Waals surface area (Å²) in [6, 6.07) is 13.3. The fourth-order valence-electron chi connectivity index (χ4n) is 1.87. The molecule has 1 aromatic heterocycles. The standard InChI is InChI=1S/C15H15N3O.C4H4O4/c1-11-6-7-13(9-16)15(18-11)19-14-5-3-4-12(8-14)10-17-2;5-3(6)1-2-4(7)8/h3-8,17H,10H2,1-2H3;1-2H,(H,5,6)(H,7,8). The molecule has 0 saturated carbocycles. The minimum absolute atomic E-state index is 0.351. The molecule has 0 bridgehead atoms. The third-order valence-electron chi connectivity index (χ3n) is 2.98. The zero-order valence-electron chi connectivity index (χ0n) is 14.8. The molecule has 0 aliphatic rings.